The number of hydrogen-bond acceptors (Lipinski definition) is 4. The zero-order chi connectivity index (χ0) is 12.6. The molecule has 0 aromatic rings. The Morgan fingerprint density at radius 1 is 1.19 bits per heavy atom. The number of carbonyl (C=O) groups is 1. The molecule has 0 rings (SSSR count). The summed E-state index contributed by atoms with van der Waals surface area (Å²) in [5.41, 5.74) is 0. The molecule has 0 fully saturated rings. The van der Waals surface area contributed by atoms with Crippen molar-refractivity contribution in [1.82, 2.24) is 4.90 Å². The van der Waals surface area contributed by atoms with E-state index in [4.69, 9.17) is 14.2 Å². The molecule has 96 valence electrons. The second kappa shape index (κ2) is 8.35. The fourth-order valence-corrected chi connectivity index (χ4v) is 1.28. The quantitative estimate of drug-likeness (QED) is 0.669. The van der Waals surface area contributed by atoms with Crippen LogP contribution >= 0.6 is 0 Å². The van der Waals surface area contributed by atoms with Crippen LogP contribution in [-0.2, 0) is 14.2 Å². The van der Waals surface area contributed by atoms with Crippen molar-refractivity contribution in [3.05, 3.63) is 0 Å². The molecule has 0 aliphatic rings. The number of nitrogens with zero attached hydrogens (tertiary/aromatic N) is 1. The number of methoxy groups -OCH3 is 2. The zero-order valence-corrected chi connectivity index (χ0v) is 10.9. The summed E-state index contributed by atoms with van der Waals surface area (Å²) < 4.78 is 15.1. The first-order valence-electron chi connectivity index (χ1n) is 5.48. The molecule has 0 bridgehead atoms. The highest BCUT2D eigenvalue weighted by atomic mass is 16.6. The fourth-order valence-electron chi connectivity index (χ4n) is 1.28. The van der Waals surface area contributed by atoms with E-state index < -0.39 is 0 Å². The van der Waals surface area contributed by atoms with Crippen molar-refractivity contribution in [1.29, 1.82) is 0 Å². The second-order valence-corrected chi connectivity index (χ2v) is 3.92. The Balaban J connectivity index is 4.33. The van der Waals surface area contributed by atoms with Crippen LogP contribution in [0.3, 0.4) is 0 Å². The zero-order valence-electron chi connectivity index (χ0n) is 10.9. The highest BCUT2D eigenvalue weighted by Gasteiger charge is 2.21. The molecule has 0 spiro atoms. The summed E-state index contributed by atoms with van der Waals surface area (Å²) in [5.74, 6) is 0. The van der Waals surface area contributed by atoms with E-state index in [0.29, 0.717) is 19.8 Å². The van der Waals surface area contributed by atoms with Crippen LogP contribution < -0.4 is 0 Å². The van der Waals surface area contributed by atoms with Crippen LogP contribution in [0.1, 0.15) is 20.8 Å². The monoisotopic (exact) mass is 233 g/mol. The molecule has 0 aromatic heterocycles. The molecule has 16 heavy (non-hydrogen) atoms. The Labute approximate surface area is 97.7 Å². The van der Waals surface area contributed by atoms with E-state index in [1.54, 1.807) is 19.1 Å². The molecular formula is C11H23NO4. The summed E-state index contributed by atoms with van der Waals surface area (Å²) in [6.45, 7) is 7.05. The van der Waals surface area contributed by atoms with Crippen molar-refractivity contribution in [3.63, 3.8) is 0 Å². The van der Waals surface area contributed by atoms with Gasteiger partial charge < -0.3 is 19.1 Å². The van der Waals surface area contributed by atoms with Gasteiger partial charge >= 0.3 is 6.09 Å². The van der Waals surface area contributed by atoms with Crippen LogP contribution in [-0.4, -0.2) is 57.1 Å². The summed E-state index contributed by atoms with van der Waals surface area (Å²) in [6, 6.07) is -0.0219. The molecular weight excluding hydrogens is 210 g/mol. The minimum absolute atomic E-state index is 0.0219. The Morgan fingerprint density at radius 2 is 1.81 bits per heavy atom. The maximum Gasteiger partial charge on any atom is 0.410 e. The molecule has 0 aliphatic carbocycles. The smallest absolute Gasteiger partial charge is 0.410 e. The normalized spacial score (nSPS) is 12.6. The lowest BCUT2D eigenvalue weighted by atomic mass is 10.3. The predicted molar refractivity (Wildman–Crippen MR) is 61.5 cm³/mol. The van der Waals surface area contributed by atoms with Crippen LogP contribution in [0.25, 0.3) is 0 Å². The van der Waals surface area contributed by atoms with E-state index in [-0.39, 0.29) is 18.2 Å². The highest BCUT2D eigenvalue weighted by molar-refractivity contribution is 5.68. The van der Waals surface area contributed by atoms with Gasteiger partial charge in [-0.05, 0) is 20.8 Å². The lowest BCUT2D eigenvalue weighted by Crippen LogP contribution is -2.44. The van der Waals surface area contributed by atoms with E-state index in [2.05, 4.69) is 0 Å². The molecule has 1 atom stereocenters. The number of carbonyl (C=O) groups excluding carboxylic acids is 1. The van der Waals surface area contributed by atoms with Gasteiger partial charge in [0.15, 0.2) is 0 Å². The number of ether oxygens (including phenoxy) is 3. The van der Waals surface area contributed by atoms with Crippen LogP contribution in [0.5, 0.6) is 0 Å². The van der Waals surface area contributed by atoms with Crippen molar-refractivity contribution in [2.75, 3.05) is 34.0 Å². The average molecular weight is 233 g/mol. The van der Waals surface area contributed by atoms with Crippen molar-refractivity contribution >= 4 is 6.09 Å². The van der Waals surface area contributed by atoms with Gasteiger partial charge in [-0.15, -0.1) is 0 Å². The van der Waals surface area contributed by atoms with E-state index in [1.165, 1.54) is 0 Å². The van der Waals surface area contributed by atoms with Gasteiger partial charge in [-0.1, -0.05) is 0 Å². The van der Waals surface area contributed by atoms with E-state index >= 15 is 0 Å². The minimum Gasteiger partial charge on any atom is -0.447 e. The molecule has 0 N–H and O–H groups in total. The van der Waals surface area contributed by atoms with Gasteiger partial charge in [0.2, 0.25) is 0 Å². The topological polar surface area (TPSA) is 48.0 Å². The SMILES string of the molecule is COCCN(C(=O)OC(C)C)C(C)COC. The summed E-state index contributed by atoms with van der Waals surface area (Å²) in [6.07, 6.45) is -0.441. The summed E-state index contributed by atoms with van der Waals surface area (Å²) in [7, 11) is 3.21. The van der Waals surface area contributed by atoms with Crippen LogP contribution in [0.15, 0.2) is 0 Å². The minimum atomic E-state index is -0.323. The van der Waals surface area contributed by atoms with Gasteiger partial charge in [0.25, 0.3) is 0 Å². The maximum atomic E-state index is 11.8. The van der Waals surface area contributed by atoms with E-state index in [1.807, 2.05) is 20.8 Å². The largest absolute Gasteiger partial charge is 0.447 e. The summed E-state index contributed by atoms with van der Waals surface area (Å²) in [4.78, 5) is 13.4. The van der Waals surface area contributed by atoms with Gasteiger partial charge in [-0.3, -0.25) is 0 Å². The van der Waals surface area contributed by atoms with Gasteiger partial charge in [0.1, 0.15) is 0 Å². The highest BCUT2D eigenvalue weighted by Crippen LogP contribution is 2.05. The van der Waals surface area contributed by atoms with Crippen molar-refractivity contribution < 1.29 is 19.0 Å². The molecule has 1 amide bonds. The molecule has 0 heterocycles. The number of hydrogen-bond donors (Lipinski definition) is 0. The Hall–Kier alpha value is -0.810. The molecule has 5 nitrogen and oxygen atoms in total. The Kier molecular flexibility index (Phi) is 7.93. The fraction of sp³-hybridized carbons (Fsp3) is 0.909. The molecule has 0 aliphatic heterocycles. The molecule has 0 saturated heterocycles. The second-order valence-electron chi connectivity index (χ2n) is 3.92. The molecule has 0 radical (unpaired) electrons. The molecule has 1 unspecified atom stereocenters. The maximum absolute atomic E-state index is 11.8. The van der Waals surface area contributed by atoms with Crippen LogP contribution in [0.4, 0.5) is 4.79 Å². The Morgan fingerprint density at radius 3 is 2.25 bits per heavy atom. The van der Waals surface area contributed by atoms with Gasteiger partial charge in [-0.2, -0.15) is 0 Å². The third kappa shape index (κ3) is 5.92. The first kappa shape index (κ1) is 15.2. The Bertz CT molecular complexity index is 196. The van der Waals surface area contributed by atoms with Gasteiger partial charge in [0.05, 0.1) is 25.4 Å². The molecule has 5 heteroatoms. The summed E-state index contributed by atoms with van der Waals surface area (Å²) in [5, 5.41) is 0. The third-order valence-corrected chi connectivity index (χ3v) is 2.05. The lowest BCUT2D eigenvalue weighted by Gasteiger charge is -2.28. The molecule has 0 aromatic carbocycles. The van der Waals surface area contributed by atoms with E-state index in [9.17, 15) is 4.79 Å². The van der Waals surface area contributed by atoms with Crippen molar-refractivity contribution in [2.45, 2.75) is 32.9 Å². The molecule has 0 saturated carbocycles. The first-order chi connectivity index (χ1) is 7.52. The standard InChI is InChI=1S/C11H23NO4/c1-9(2)16-11(13)12(6-7-14-4)10(3)8-15-5/h9-10H,6-8H2,1-5H3. The number of rotatable bonds is 7. The van der Waals surface area contributed by atoms with E-state index in [0.717, 1.165) is 0 Å². The van der Waals surface area contributed by atoms with Gasteiger partial charge in [0, 0.05) is 20.8 Å². The summed E-state index contributed by atoms with van der Waals surface area (Å²) >= 11 is 0. The van der Waals surface area contributed by atoms with Crippen molar-refractivity contribution in [2.24, 2.45) is 0 Å². The van der Waals surface area contributed by atoms with Crippen LogP contribution in [0, 0.1) is 0 Å². The number of amides is 1. The van der Waals surface area contributed by atoms with Gasteiger partial charge in [-0.25, -0.2) is 4.79 Å². The third-order valence-electron chi connectivity index (χ3n) is 2.05. The predicted octanol–water partition coefficient (Wildman–Crippen LogP) is 1.51. The van der Waals surface area contributed by atoms with Crippen molar-refractivity contribution in [3.8, 4) is 0 Å². The average Bonchev–Trinajstić information content (AvgIpc) is 2.17. The van der Waals surface area contributed by atoms with Crippen LogP contribution in [0.2, 0.25) is 0 Å². The lowest BCUT2D eigenvalue weighted by molar-refractivity contribution is 0.0363. The first-order valence-corrected chi connectivity index (χ1v) is 5.48.